The number of hydrogen-bond acceptors (Lipinski definition) is 4. The van der Waals surface area contributed by atoms with Crippen LogP contribution in [0.2, 0.25) is 0 Å². The first-order valence-electron chi connectivity index (χ1n) is 10.9. The first-order chi connectivity index (χ1) is 15.1. The van der Waals surface area contributed by atoms with Gasteiger partial charge in [0.1, 0.15) is 5.82 Å². The van der Waals surface area contributed by atoms with Gasteiger partial charge in [0, 0.05) is 0 Å². The third-order valence-corrected chi connectivity index (χ3v) is 4.81. The number of hydrogen-bond donors (Lipinski definition) is 0. The molecule has 0 aliphatic rings. The summed E-state index contributed by atoms with van der Waals surface area (Å²) in [5.41, 5.74) is 2.13. The minimum absolute atomic E-state index is 0.282. The van der Waals surface area contributed by atoms with Crippen molar-refractivity contribution in [3.8, 4) is 0 Å². The summed E-state index contributed by atoms with van der Waals surface area (Å²) in [4.78, 5) is 23.4. The van der Waals surface area contributed by atoms with E-state index in [0.29, 0.717) is 24.3 Å². The first kappa shape index (κ1) is 24.3. The largest absolute Gasteiger partial charge is 0.462 e. The molecule has 0 amide bonds. The van der Waals surface area contributed by atoms with Gasteiger partial charge in [0.25, 0.3) is 0 Å². The van der Waals surface area contributed by atoms with Crippen molar-refractivity contribution in [2.24, 2.45) is 0 Å². The Bertz CT molecular complexity index is 825. The molecule has 0 aliphatic carbocycles. The zero-order chi connectivity index (χ0) is 22.3. The van der Waals surface area contributed by atoms with Crippen molar-refractivity contribution in [2.45, 2.75) is 51.9 Å². The molecule has 0 N–H and O–H groups in total. The summed E-state index contributed by atoms with van der Waals surface area (Å²) in [6.07, 6.45) is 11.5. The predicted molar refractivity (Wildman–Crippen MR) is 120 cm³/mol. The van der Waals surface area contributed by atoms with Crippen LogP contribution in [0.15, 0.2) is 60.7 Å². The number of allylic oxidation sites excluding steroid dienone is 2. The lowest BCUT2D eigenvalue weighted by Gasteiger charge is -2.05. The van der Waals surface area contributed by atoms with Gasteiger partial charge in [0.05, 0.1) is 24.3 Å². The number of unbranched alkanes of at least 4 members (excludes halogenated alkanes) is 5. The molecule has 5 heteroatoms. The van der Waals surface area contributed by atoms with Gasteiger partial charge < -0.3 is 9.47 Å². The Morgan fingerprint density at radius 2 is 1.35 bits per heavy atom. The molecule has 2 aromatic rings. The monoisotopic (exact) mass is 426 g/mol. The Kier molecular flexibility index (Phi) is 11.1. The Balaban J connectivity index is 1.48. The lowest BCUT2D eigenvalue weighted by Crippen LogP contribution is -2.06. The van der Waals surface area contributed by atoms with E-state index in [-0.39, 0.29) is 11.8 Å². The Hall–Kier alpha value is -2.95. The third kappa shape index (κ3) is 9.60. The summed E-state index contributed by atoms with van der Waals surface area (Å²) in [5.74, 6) is -1.05. The number of ether oxygens (including phenoxy) is 2. The lowest BCUT2D eigenvalue weighted by molar-refractivity contribution is 0.0495. The molecule has 0 aliphatic heterocycles. The number of rotatable bonds is 13. The van der Waals surface area contributed by atoms with Gasteiger partial charge in [-0.05, 0) is 74.6 Å². The van der Waals surface area contributed by atoms with Gasteiger partial charge in [-0.3, -0.25) is 0 Å². The van der Waals surface area contributed by atoms with E-state index >= 15 is 0 Å². The summed E-state index contributed by atoms with van der Waals surface area (Å²) in [6, 6.07) is 12.9. The highest BCUT2D eigenvalue weighted by Crippen LogP contribution is 2.10. The molecular weight excluding hydrogens is 395 g/mol. The maximum atomic E-state index is 12.8. The molecule has 31 heavy (non-hydrogen) atoms. The number of esters is 2. The van der Waals surface area contributed by atoms with E-state index < -0.39 is 5.97 Å². The van der Waals surface area contributed by atoms with E-state index in [2.05, 4.69) is 12.2 Å². The highest BCUT2D eigenvalue weighted by molar-refractivity contribution is 5.89. The number of benzene rings is 2. The molecule has 0 radical (unpaired) electrons. The minimum atomic E-state index is -0.402. The molecule has 0 saturated heterocycles. The maximum Gasteiger partial charge on any atom is 0.338 e. The van der Waals surface area contributed by atoms with E-state index in [0.717, 1.165) is 44.9 Å². The topological polar surface area (TPSA) is 52.6 Å². The second-order valence-electron chi connectivity index (χ2n) is 7.29. The molecule has 0 atom stereocenters. The van der Waals surface area contributed by atoms with Crippen molar-refractivity contribution in [3.05, 3.63) is 83.2 Å². The van der Waals surface area contributed by atoms with E-state index in [9.17, 15) is 14.0 Å². The fourth-order valence-electron chi connectivity index (χ4n) is 3.06. The van der Waals surface area contributed by atoms with Crippen LogP contribution in [-0.2, 0) is 15.9 Å². The molecule has 0 unspecified atom stereocenters. The van der Waals surface area contributed by atoms with E-state index in [1.807, 2.05) is 12.1 Å². The molecule has 0 spiro atoms. The van der Waals surface area contributed by atoms with Crippen molar-refractivity contribution in [3.63, 3.8) is 0 Å². The van der Waals surface area contributed by atoms with Crippen molar-refractivity contribution < 1.29 is 23.5 Å². The molecule has 0 fully saturated rings. The summed E-state index contributed by atoms with van der Waals surface area (Å²) in [5, 5.41) is 0. The zero-order valence-electron chi connectivity index (χ0n) is 18.1. The quantitative estimate of drug-likeness (QED) is 0.214. The molecule has 4 nitrogen and oxygen atoms in total. The molecule has 0 bridgehead atoms. The Labute approximate surface area is 184 Å². The van der Waals surface area contributed by atoms with Crippen molar-refractivity contribution in [2.75, 3.05) is 13.2 Å². The highest BCUT2D eigenvalue weighted by atomic mass is 19.1. The Morgan fingerprint density at radius 3 is 2.03 bits per heavy atom. The van der Waals surface area contributed by atoms with Crippen LogP contribution in [0.25, 0.3) is 0 Å². The second kappa shape index (κ2) is 14.1. The van der Waals surface area contributed by atoms with Gasteiger partial charge in [-0.2, -0.15) is 0 Å². The van der Waals surface area contributed by atoms with Crippen LogP contribution in [0.3, 0.4) is 0 Å². The molecule has 2 aromatic carbocycles. The SMILES string of the molecule is CCOC(=O)c1ccc(C/C=C/CCCCCCCOC(=O)c2ccc(F)cc2)cc1. The molecule has 0 saturated carbocycles. The highest BCUT2D eigenvalue weighted by Gasteiger charge is 2.06. The Morgan fingerprint density at radius 1 is 0.774 bits per heavy atom. The molecule has 0 heterocycles. The van der Waals surface area contributed by atoms with Gasteiger partial charge in [0.2, 0.25) is 0 Å². The van der Waals surface area contributed by atoms with Crippen LogP contribution >= 0.6 is 0 Å². The van der Waals surface area contributed by atoms with Crippen LogP contribution in [0.5, 0.6) is 0 Å². The van der Waals surface area contributed by atoms with Crippen molar-refractivity contribution >= 4 is 11.9 Å². The third-order valence-electron chi connectivity index (χ3n) is 4.81. The van der Waals surface area contributed by atoms with Gasteiger partial charge in [-0.25, -0.2) is 14.0 Å². The maximum absolute atomic E-state index is 12.8. The van der Waals surface area contributed by atoms with Crippen LogP contribution in [0, 0.1) is 5.82 Å². The molecule has 166 valence electrons. The number of carbonyl (C=O) groups excluding carboxylic acids is 2. The van der Waals surface area contributed by atoms with Gasteiger partial charge >= 0.3 is 11.9 Å². The summed E-state index contributed by atoms with van der Waals surface area (Å²) in [7, 11) is 0. The fraction of sp³-hybridized carbons (Fsp3) is 0.385. The van der Waals surface area contributed by atoms with Crippen LogP contribution < -0.4 is 0 Å². The second-order valence-corrected chi connectivity index (χ2v) is 7.29. The molecule has 0 aromatic heterocycles. The summed E-state index contributed by atoms with van der Waals surface area (Å²) >= 11 is 0. The minimum Gasteiger partial charge on any atom is -0.462 e. The first-order valence-corrected chi connectivity index (χ1v) is 10.9. The molecule has 2 rings (SSSR count). The predicted octanol–water partition coefficient (Wildman–Crippen LogP) is 6.30. The average Bonchev–Trinajstić information content (AvgIpc) is 2.78. The normalized spacial score (nSPS) is 10.9. The average molecular weight is 427 g/mol. The zero-order valence-corrected chi connectivity index (χ0v) is 18.1. The summed E-state index contributed by atoms with van der Waals surface area (Å²) in [6.45, 7) is 2.57. The standard InChI is InChI=1S/C26H31FO4/c1-2-30-25(28)22-14-12-21(13-15-22)11-9-7-5-3-4-6-8-10-20-31-26(29)23-16-18-24(27)19-17-23/h7,9,12-19H,2-6,8,10-11,20H2,1H3/b9-7+. The van der Waals surface area contributed by atoms with E-state index in [1.165, 1.54) is 29.8 Å². The van der Waals surface area contributed by atoms with E-state index in [4.69, 9.17) is 9.47 Å². The van der Waals surface area contributed by atoms with Crippen molar-refractivity contribution in [1.29, 1.82) is 0 Å². The van der Waals surface area contributed by atoms with Crippen molar-refractivity contribution in [1.82, 2.24) is 0 Å². The number of carbonyl (C=O) groups is 2. The smallest absolute Gasteiger partial charge is 0.338 e. The lowest BCUT2D eigenvalue weighted by atomic mass is 10.1. The van der Waals surface area contributed by atoms with Crippen LogP contribution in [0.4, 0.5) is 4.39 Å². The van der Waals surface area contributed by atoms with Crippen LogP contribution in [0.1, 0.15) is 71.7 Å². The van der Waals surface area contributed by atoms with Gasteiger partial charge in [0.15, 0.2) is 0 Å². The van der Waals surface area contributed by atoms with E-state index in [1.54, 1.807) is 19.1 Å². The van der Waals surface area contributed by atoms with Gasteiger partial charge in [-0.1, -0.05) is 43.5 Å². The number of halogens is 1. The van der Waals surface area contributed by atoms with Crippen LogP contribution in [-0.4, -0.2) is 25.2 Å². The van der Waals surface area contributed by atoms with Gasteiger partial charge in [-0.15, -0.1) is 0 Å². The summed E-state index contributed by atoms with van der Waals surface area (Å²) < 4.78 is 23.0. The fourth-order valence-corrected chi connectivity index (χ4v) is 3.06. The molecular formula is C26H31FO4.